The standard InChI is InChI=1S/3C8H14O3.Fe/c3*1-3-5-6(8(10)11)7(9)4-2;/h3*6H,3-5H2,1-2H3,(H,10,11);/q;;;+3/p-3. The molecule has 0 heterocycles. The van der Waals surface area contributed by atoms with Crippen molar-refractivity contribution in [2.75, 3.05) is 0 Å². The van der Waals surface area contributed by atoms with Crippen LogP contribution in [0.4, 0.5) is 0 Å². The average Bonchev–Trinajstić information content (AvgIpc) is 2.78. The number of carbonyl (C=O) groups is 6. The van der Waals surface area contributed by atoms with Gasteiger partial charge in [-0.25, -0.2) is 0 Å². The number of Topliss-reactive ketones (excluding diaryl/α,β-unsaturated/α-hetero) is 3. The quantitative estimate of drug-likeness (QED) is 0.216. The van der Waals surface area contributed by atoms with Crippen LogP contribution in [-0.2, 0) is 45.8 Å². The Labute approximate surface area is 213 Å². The molecule has 0 aliphatic rings. The Morgan fingerprint density at radius 1 is 0.471 bits per heavy atom. The molecule has 0 N–H and O–H groups in total. The summed E-state index contributed by atoms with van der Waals surface area (Å²) in [6.45, 7) is 10.5. The summed E-state index contributed by atoms with van der Waals surface area (Å²) in [5.74, 6) is -7.05. The molecule has 3 unspecified atom stereocenters. The number of hydrogen-bond acceptors (Lipinski definition) is 9. The average molecular weight is 527 g/mol. The van der Waals surface area contributed by atoms with Gasteiger partial charge in [0.15, 0.2) is 0 Å². The Balaban J connectivity index is -0.000000196. The molecule has 34 heavy (non-hydrogen) atoms. The molecule has 0 saturated carbocycles. The molecule has 9 nitrogen and oxygen atoms in total. The van der Waals surface area contributed by atoms with Gasteiger partial charge >= 0.3 is 17.1 Å². The molecule has 1 radical (unpaired) electrons. The van der Waals surface area contributed by atoms with Gasteiger partial charge in [0.2, 0.25) is 0 Å². The number of carbonyl (C=O) groups excluding carboxylic acids is 6. The SMILES string of the molecule is CCCC(C(=O)[O-])C(=O)CC.CCCC(C(=O)[O-])C(=O)CC.CCCC(C(=O)[O-])C(=O)CC.[Fe+3]. The second-order valence-corrected chi connectivity index (χ2v) is 7.44. The molecule has 0 spiro atoms. The summed E-state index contributed by atoms with van der Waals surface area (Å²) in [5, 5.41) is 31.1. The van der Waals surface area contributed by atoms with Gasteiger partial charge in [-0.15, -0.1) is 0 Å². The van der Waals surface area contributed by atoms with Crippen LogP contribution in [0.25, 0.3) is 0 Å². The van der Waals surface area contributed by atoms with Crippen molar-refractivity contribution >= 4 is 35.3 Å². The van der Waals surface area contributed by atoms with Crippen LogP contribution in [-0.4, -0.2) is 35.3 Å². The van der Waals surface area contributed by atoms with Gasteiger partial charge in [0.05, 0.1) is 35.7 Å². The van der Waals surface area contributed by atoms with Gasteiger partial charge in [-0.3, -0.25) is 14.4 Å². The van der Waals surface area contributed by atoms with E-state index in [-0.39, 0.29) is 53.7 Å². The van der Waals surface area contributed by atoms with Crippen LogP contribution in [0.1, 0.15) is 99.3 Å². The molecule has 0 amide bonds. The maximum atomic E-state index is 10.9. The molecule has 0 fully saturated rings. The fourth-order valence-electron chi connectivity index (χ4n) is 2.84. The first-order chi connectivity index (χ1) is 15.4. The normalized spacial score (nSPS) is 12.2. The molecule has 0 aromatic heterocycles. The molecule has 10 heteroatoms. The molecule has 0 saturated heterocycles. The summed E-state index contributed by atoms with van der Waals surface area (Å²) in [6.07, 6.45) is 4.12. The first-order valence-corrected chi connectivity index (χ1v) is 11.6. The monoisotopic (exact) mass is 527 g/mol. The Hall–Kier alpha value is -2.06. The number of rotatable bonds is 15. The number of aliphatic carboxylic acids is 3. The zero-order valence-corrected chi connectivity index (χ0v) is 22.2. The Bertz CT molecular complexity index is 546. The fourth-order valence-corrected chi connectivity index (χ4v) is 2.84. The summed E-state index contributed by atoms with van der Waals surface area (Å²) < 4.78 is 0. The number of carboxylic acid groups (broad SMARTS) is 3. The Kier molecular flexibility index (Phi) is 27.7. The fraction of sp³-hybridized carbons (Fsp3) is 0.750. The van der Waals surface area contributed by atoms with Crippen LogP contribution in [0, 0.1) is 17.8 Å². The molecular weight excluding hydrogens is 488 g/mol. The molecule has 197 valence electrons. The largest absolute Gasteiger partial charge is 3.00 e. The Morgan fingerprint density at radius 2 is 0.647 bits per heavy atom. The summed E-state index contributed by atoms with van der Waals surface area (Å²) in [7, 11) is 0. The summed E-state index contributed by atoms with van der Waals surface area (Å²) in [5.41, 5.74) is 0. The number of ketones is 3. The van der Waals surface area contributed by atoms with E-state index in [1.165, 1.54) is 0 Å². The van der Waals surface area contributed by atoms with Gasteiger partial charge in [0.25, 0.3) is 0 Å². The first-order valence-electron chi connectivity index (χ1n) is 11.6. The van der Waals surface area contributed by atoms with Gasteiger partial charge < -0.3 is 29.7 Å². The van der Waals surface area contributed by atoms with Crippen LogP contribution in [0.5, 0.6) is 0 Å². The minimum absolute atomic E-state index is 0. The van der Waals surface area contributed by atoms with E-state index in [1.807, 2.05) is 20.8 Å². The molecule has 0 aliphatic carbocycles. The molecule has 0 aromatic carbocycles. The van der Waals surface area contributed by atoms with Crippen molar-refractivity contribution in [1.82, 2.24) is 0 Å². The number of carboxylic acids is 3. The van der Waals surface area contributed by atoms with Gasteiger partial charge in [0.1, 0.15) is 17.3 Å². The van der Waals surface area contributed by atoms with Crippen LogP contribution in [0.3, 0.4) is 0 Å². The van der Waals surface area contributed by atoms with Crippen molar-refractivity contribution in [1.29, 1.82) is 0 Å². The Morgan fingerprint density at radius 3 is 0.735 bits per heavy atom. The predicted molar refractivity (Wildman–Crippen MR) is 116 cm³/mol. The zero-order valence-electron chi connectivity index (χ0n) is 21.1. The second-order valence-electron chi connectivity index (χ2n) is 7.44. The predicted octanol–water partition coefficient (Wildman–Crippen LogP) is 0.393. The molecule has 0 bridgehead atoms. The van der Waals surface area contributed by atoms with Gasteiger partial charge in [-0.05, 0) is 19.3 Å². The van der Waals surface area contributed by atoms with E-state index in [9.17, 15) is 44.1 Å². The van der Waals surface area contributed by atoms with Crippen molar-refractivity contribution in [3.8, 4) is 0 Å². The minimum Gasteiger partial charge on any atom is -0.549 e. The van der Waals surface area contributed by atoms with E-state index in [0.717, 1.165) is 0 Å². The van der Waals surface area contributed by atoms with Crippen molar-refractivity contribution in [3.63, 3.8) is 0 Å². The van der Waals surface area contributed by atoms with E-state index in [4.69, 9.17) is 0 Å². The van der Waals surface area contributed by atoms with E-state index in [2.05, 4.69) is 0 Å². The van der Waals surface area contributed by atoms with Crippen LogP contribution < -0.4 is 15.3 Å². The van der Waals surface area contributed by atoms with E-state index in [1.54, 1.807) is 20.8 Å². The van der Waals surface area contributed by atoms with Crippen LogP contribution in [0.2, 0.25) is 0 Å². The molecular formula is C24H39FeO9. The third kappa shape index (κ3) is 18.4. The first kappa shape index (κ1) is 39.2. The molecule has 3 atom stereocenters. The van der Waals surface area contributed by atoms with Crippen molar-refractivity contribution in [2.24, 2.45) is 17.8 Å². The molecule has 0 rings (SSSR count). The van der Waals surface area contributed by atoms with E-state index in [0.29, 0.717) is 38.5 Å². The molecule has 0 aliphatic heterocycles. The van der Waals surface area contributed by atoms with Crippen molar-refractivity contribution in [2.45, 2.75) is 99.3 Å². The summed E-state index contributed by atoms with van der Waals surface area (Å²) in [4.78, 5) is 63.8. The maximum Gasteiger partial charge on any atom is 3.00 e. The van der Waals surface area contributed by atoms with Crippen molar-refractivity contribution < 1.29 is 61.2 Å². The zero-order chi connectivity index (χ0) is 26.6. The second kappa shape index (κ2) is 24.1. The van der Waals surface area contributed by atoms with Crippen LogP contribution in [0.15, 0.2) is 0 Å². The maximum absolute atomic E-state index is 10.9. The van der Waals surface area contributed by atoms with Crippen molar-refractivity contribution in [3.05, 3.63) is 0 Å². The topological polar surface area (TPSA) is 172 Å². The third-order valence-corrected chi connectivity index (χ3v) is 4.80. The minimum atomic E-state index is -1.24. The van der Waals surface area contributed by atoms with E-state index < -0.39 is 35.7 Å². The third-order valence-electron chi connectivity index (χ3n) is 4.80. The van der Waals surface area contributed by atoms with Gasteiger partial charge in [-0.1, -0.05) is 60.8 Å². The van der Waals surface area contributed by atoms with E-state index >= 15 is 0 Å². The summed E-state index contributed by atoms with van der Waals surface area (Å²) in [6, 6.07) is 0. The number of hydrogen-bond donors (Lipinski definition) is 0. The smallest absolute Gasteiger partial charge is 0.549 e. The van der Waals surface area contributed by atoms with Crippen LogP contribution >= 0.6 is 0 Å². The molecule has 0 aromatic rings. The van der Waals surface area contributed by atoms with Gasteiger partial charge in [0, 0.05) is 19.3 Å². The van der Waals surface area contributed by atoms with Gasteiger partial charge in [-0.2, -0.15) is 0 Å². The summed E-state index contributed by atoms with van der Waals surface area (Å²) >= 11 is 0.